The van der Waals surface area contributed by atoms with E-state index in [4.69, 9.17) is 11.6 Å². The largest absolute Gasteiger partial charge is 0.339 e. The number of carbonyl (C=O) groups excluding carboxylic acids is 1. The summed E-state index contributed by atoms with van der Waals surface area (Å²) < 4.78 is 2.39. The van der Waals surface area contributed by atoms with E-state index in [1.54, 1.807) is 12.1 Å². The molecule has 2 heterocycles. The lowest BCUT2D eigenvalue weighted by Gasteiger charge is -2.34. The maximum Gasteiger partial charge on any atom is 0.308 e. The highest BCUT2D eigenvalue weighted by Gasteiger charge is 2.21. The lowest BCUT2D eigenvalue weighted by atomic mass is 10.3. The van der Waals surface area contributed by atoms with Gasteiger partial charge in [-0.1, -0.05) is 29.9 Å². The van der Waals surface area contributed by atoms with Gasteiger partial charge in [-0.25, -0.2) is 0 Å². The zero-order chi connectivity index (χ0) is 15.7. The number of aromatic nitrogens is 1. The van der Waals surface area contributed by atoms with Crippen LogP contribution in [0, 0.1) is 0 Å². The SMILES string of the molecule is CCN1CCN(C(=O)Cn2c(=O)sc3ccc(Cl)cc32)CC1. The van der Waals surface area contributed by atoms with Crippen LogP contribution in [0.5, 0.6) is 0 Å². The highest BCUT2D eigenvalue weighted by molar-refractivity contribution is 7.16. The molecule has 3 rings (SSSR count). The molecule has 2 aromatic rings. The molecule has 0 atom stereocenters. The summed E-state index contributed by atoms with van der Waals surface area (Å²) in [5.74, 6) is -0.00229. The molecular weight excluding hydrogens is 322 g/mol. The Balaban J connectivity index is 1.78. The van der Waals surface area contributed by atoms with Crippen molar-refractivity contribution in [2.24, 2.45) is 0 Å². The smallest absolute Gasteiger partial charge is 0.308 e. The number of carbonyl (C=O) groups is 1. The molecule has 1 saturated heterocycles. The number of hydrogen-bond acceptors (Lipinski definition) is 4. The summed E-state index contributed by atoms with van der Waals surface area (Å²) in [5.41, 5.74) is 0.739. The Morgan fingerprint density at radius 3 is 2.68 bits per heavy atom. The number of thiazole rings is 1. The number of fused-ring (bicyclic) bond motifs is 1. The van der Waals surface area contributed by atoms with Gasteiger partial charge < -0.3 is 9.80 Å². The van der Waals surface area contributed by atoms with Crippen LogP contribution >= 0.6 is 22.9 Å². The fourth-order valence-electron chi connectivity index (χ4n) is 2.73. The Morgan fingerprint density at radius 1 is 1.27 bits per heavy atom. The minimum atomic E-state index is -0.113. The van der Waals surface area contributed by atoms with Crippen molar-refractivity contribution >= 4 is 39.1 Å². The molecule has 0 saturated carbocycles. The molecule has 1 aromatic heterocycles. The van der Waals surface area contributed by atoms with Crippen molar-refractivity contribution < 1.29 is 4.79 Å². The van der Waals surface area contributed by atoms with Crippen molar-refractivity contribution in [1.82, 2.24) is 14.4 Å². The van der Waals surface area contributed by atoms with Crippen LogP contribution in [0.1, 0.15) is 6.92 Å². The summed E-state index contributed by atoms with van der Waals surface area (Å²) in [6.45, 7) is 6.47. The zero-order valence-electron chi connectivity index (χ0n) is 12.4. The van der Waals surface area contributed by atoms with Crippen LogP contribution in [0.4, 0.5) is 0 Å². The first kappa shape index (κ1) is 15.5. The molecule has 7 heteroatoms. The number of rotatable bonds is 3. The maximum atomic E-state index is 12.5. The Morgan fingerprint density at radius 2 is 2.00 bits per heavy atom. The average molecular weight is 340 g/mol. The van der Waals surface area contributed by atoms with Crippen molar-refractivity contribution in [3.8, 4) is 0 Å². The van der Waals surface area contributed by atoms with Crippen LogP contribution in [-0.4, -0.2) is 53.0 Å². The molecule has 1 aliphatic rings. The third-order valence-electron chi connectivity index (χ3n) is 4.10. The van der Waals surface area contributed by atoms with Crippen LogP contribution in [0.3, 0.4) is 0 Å². The molecule has 0 unspecified atom stereocenters. The number of benzene rings is 1. The van der Waals surface area contributed by atoms with E-state index in [-0.39, 0.29) is 17.3 Å². The molecule has 22 heavy (non-hydrogen) atoms. The third-order valence-corrected chi connectivity index (χ3v) is 5.29. The average Bonchev–Trinajstić information content (AvgIpc) is 2.83. The fourth-order valence-corrected chi connectivity index (χ4v) is 3.77. The van der Waals surface area contributed by atoms with E-state index in [1.807, 2.05) is 11.0 Å². The number of likely N-dealkylation sites (N-methyl/N-ethyl adjacent to an activating group) is 1. The fraction of sp³-hybridized carbons (Fsp3) is 0.467. The molecule has 0 aliphatic carbocycles. The number of amides is 1. The van der Waals surface area contributed by atoms with Crippen molar-refractivity contribution in [3.05, 3.63) is 32.9 Å². The molecule has 0 radical (unpaired) electrons. The summed E-state index contributed by atoms with van der Waals surface area (Å²) in [4.78, 5) is 28.6. The van der Waals surface area contributed by atoms with E-state index < -0.39 is 0 Å². The predicted molar refractivity (Wildman–Crippen MR) is 89.8 cm³/mol. The lowest BCUT2D eigenvalue weighted by Crippen LogP contribution is -2.49. The number of hydrogen-bond donors (Lipinski definition) is 0. The number of nitrogens with zero attached hydrogens (tertiary/aromatic N) is 3. The van der Waals surface area contributed by atoms with E-state index in [9.17, 15) is 9.59 Å². The minimum Gasteiger partial charge on any atom is -0.339 e. The predicted octanol–water partition coefficient (Wildman–Crippen LogP) is 1.88. The van der Waals surface area contributed by atoms with E-state index in [1.165, 1.54) is 4.57 Å². The van der Waals surface area contributed by atoms with Crippen molar-refractivity contribution in [2.75, 3.05) is 32.7 Å². The molecule has 0 spiro atoms. The van der Waals surface area contributed by atoms with Crippen LogP contribution in [-0.2, 0) is 11.3 Å². The molecule has 5 nitrogen and oxygen atoms in total. The molecule has 1 aliphatic heterocycles. The van der Waals surface area contributed by atoms with Gasteiger partial charge in [0.1, 0.15) is 6.54 Å². The van der Waals surface area contributed by atoms with E-state index in [0.29, 0.717) is 5.02 Å². The summed E-state index contributed by atoms with van der Waals surface area (Å²) in [6.07, 6.45) is 0. The summed E-state index contributed by atoms with van der Waals surface area (Å²) >= 11 is 7.16. The number of halogens is 1. The maximum absolute atomic E-state index is 12.5. The third kappa shape index (κ3) is 3.04. The van der Waals surface area contributed by atoms with Gasteiger partial charge in [0.05, 0.1) is 10.2 Å². The van der Waals surface area contributed by atoms with Crippen molar-refractivity contribution in [1.29, 1.82) is 0 Å². The Kier molecular flexibility index (Phi) is 4.52. The van der Waals surface area contributed by atoms with Crippen molar-refractivity contribution in [3.63, 3.8) is 0 Å². The first-order chi connectivity index (χ1) is 10.6. The highest BCUT2D eigenvalue weighted by atomic mass is 35.5. The summed E-state index contributed by atoms with van der Waals surface area (Å²) in [5, 5.41) is 0.572. The monoisotopic (exact) mass is 339 g/mol. The lowest BCUT2D eigenvalue weighted by molar-refractivity contribution is -0.133. The molecule has 1 aromatic carbocycles. The first-order valence-corrected chi connectivity index (χ1v) is 8.57. The quantitative estimate of drug-likeness (QED) is 0.857. The van der Waals surface area contributed by atoms with E-state index in [2.05, 4.69) is 11.8 Å². The molecule has 1 amide bonds. The highest BCUT2D eigenvalue weighted by Crippen LogP contribution is 2.21. The van der Waals surface area contributed by atoms with Crippen LogP contribution < -0.4 is 4.87 Å². The summed E-state index contributed by atoms with van der Waals surface area (Å²) in [6, 6.07) is 5.33. The van der Waals surface area contributed by atoms with Gasteiger partial charge >= 0.3 is 4.87 Å². The molecule has 1 fully saturated rings. The standard InChI is InChI=1S/C15H18ClN3O2S/c1-2-17-5-7-18(8-6-17)14(20)10-19-12-9-11(16)3-4-13(12)22-15(19)21/h3-4,9H,2,5-8,10H2,1H3. The Bertz CT molecular complexity index is 747. The van der Waals surface area contributed by atoms with Crippen LogP contribution in [0.15, 0.2) is 23.0 Å². The van der Waals surface area contributed by atoms with Crippen molar-refractivity contribution in [2.45, 2.75) is 13.5 Å². The van der Waals surface area contributed by atoms with E-state index >= 15 is 0 Å². The van der Waals surface area contributed by atoms with Gasteiger partial charge in [0.2, 0.25) is 5.91 Å². The minimum absolute atomic E-state index is 0.00229. The van der Waals surface area contributed by atoms with Gasteiger partial charge in [-0.3, -0.25) is 14.2 Å². The van der Waals surface area contributed by atoms with Gasteiger partial charge in [-0.05, 0) is 24.7 Å². The van der Waals surface area contributed by atoms with Gasteiger partial charge in [-0.15, -0.1) is 0 Å². The Labute approximate surface area is 137 Å². The second-order valence-electron chi connectivity index (χ2n) is 5.38. The first-order valence-electron chi connectivity index (χ1n) is 7.37. The second kappa shape index (κ2) is 6.40. The molecule has 0 N–H and O–H groups in total. The Hall–Kier alpha value is -1.37. The topological polar surface area (TPSA) is 45.5 Å². The van der Waals surface area contributed by atoms with Crippen LogP contribution in [0.25, 0.3) is 10.2 Å². The van der Waals surface area contributed by atoms with Gasteiger partial charge in [0, 0.05) is 31.2 Å². The van der Waals surface area contributed by atoms with Gasteiger partial charge in [0.15, 0.2) is 0 Å². The van der Waals surface area contributed by atoms with Gasteiger partial charge in [0.25, 0.3) is 0 Å². The summed E-state index contributed by atoms with van der Waals surface area (Å²) in [7, 11) is 0. The second-order valence-corrected chi connectivity index (χ2v) is 6.81. The van der Waals surface area contributed by atoms with Gasteiger partial charge in [-0.2, -0.15) is 0 Å². The normalized spacial score (nSPS) is 16.4. The molecule has 118 valence electrons. The molecule has 0 bridgehead atoms. The molecular formula is C15H18ClN3O2S. The zero-order valence-corrected chi connectivity index (χ0v) is 14.0. The number of piperazine rings is 1. The van der Waals surface area contributed by atoms with Crippen LogP contribution in [0.2, 0.25) is 5.02 Å². The van der Waals surface area contributed by atoms with E-state index in [0.717, 1.165) is 54.3 Å².